The molecular formula is C15H26N4O2. The molecule has 6 nitrogen and oxygen atoms in total. The van der Waals surface area contributed by atoms with Gasteiger partial charge in [-0.1, -0.05) is 19.0 Å². The summed E-state index contributed by atoms with van der Waals surface area (Å²) < 4.78 is 5.13. The lowest BCUT2D eigenvalue weighted by atomic mass is 9.97. The smallest absolute Gasteiger partial charge is 0.240 e. The first-order valence-electron chi connectivity index (χ1n) is 7.72. The zero-order valence-corrected chi connectivity index (χ0v) is 13.2. The van der Waals surface area contributed by atoms with Gasteiger partial charge in [0.2, 0.25) is 11.8 Å². The van der Waals surface area contributed by atoms with E-state index in [0.29, 0.717) is 18.3 Å². The van der Waals surface area contributed by atoms with Gasteiger partial charge in [0.05, 0.1) is 12.2 Å². The van der Waals surface area contributed by atoms with E-state index in [4.69, 9.17) is 4.52 Å². The molecular weight excluding hydrogens is 268 g/mol. The lowest BCUT2D eigenvalue weighted by Gasteiger charge is -2.31. The second kappa shape index (κ2) is 7.56. The highest BCUT2D eigenvalue weighted by atomic mass is 16.5. The van der Waals surface area contributed by atoms with Crippen LogP contribution in [0.15, 0.2) is 10.6 Å². The molecule has 0 bridgehead atoms. The number of likely N-dealkylation sites (tertiary alicyclic amines) is 1. The summed E-state index contributed by atoms with van der Waals surface area (Å²) >= 11 is 0. The summed E-state index contributed by atoms with van der Waals surface area (Å²) in [5.74, 6) is 1.44. The van der Waals surface area contributed by atoms with Gasteiger partial charge in [-0.05, 0) is 51.4 Å². The van der Waals surface area contributed by atoms with Crippen LogP contribution in [0.4, 0.5) is 5.88 Å². The van der Waals surface area contributed by atoms with E-state index in [-0.39, 0.29) is 5.91 Å². The summed E-state index contributed by atoms with van der Waals surface area (Å²) in [6, 6.07) is 1.79. The number of hydrogen-bond acceptors (Lipinski definition) is 5. The number of amides is 1. The third-order valence-corrected chi connectivity index (χ3v) is 3.95. The molecule has 21 heavy (non-hydrogen) atoms. The topological polar surface area (TPSA) is 70.4 Å². The van der Waals surface area contributed by atoms with E-state index in [1.54, 1.807) is 6.07 Å². The van der Waals surface area contributed by atoms with Crippen molar-refractivity contribution in [1.82, 2.24) is 15.4 Å². The fourth-order valence-electron chi connectivity index (χ4n) is 2.64. The van der Waals surface area contributed by atoms with Crippen LogP contribution in [-0.2, 0) is 4.79 Å². The van der Waals surface area contributed by atoms with Gasteiger partial charge in [0.1, 0.15) is 0 Å². The minimum Gasteiger partial charge on any atom is -0.338 e. The SMILES string of the molecule is CNCC1CCN(CC(=O)Nc2cc(C(C)C)no2)CC1. The van der Waals surface area contributed by atoms with Gasteiger partial charge in [0.25, 0.3) is 0 Å². The molecule has 1 fully saturated rings. The number of aromatic nitrogens is 1. The highest BCUT2D eigenvalue weighted by Crippen LogP contribution is 2.18. The highest BCUT2D eigenvalue weighted by molar-refractivity contribution is 5.90. The van der Waals surface area contributed by atoms with Crippen LogP contribution < -0.4 is 10.6 Å². The van der Waals surface area contributed by atoms with Crippen LogP contribution in [-0.4, -0.2) is 49.2 Å². The molecule has 0 spiro atoms. The molecule has 1 saturated heterocycles. The Kier molecular flexibility index (Phi) is 5.76. The molecule has 0 aliphatic carbocycles. The first-order chi connectivity index (χ1) is 10.1. The van der Waals surface area contributed by atoms with Gasteiger partial charge in [-0.25, -0.2) is 0 Å². The summed E-state index contributed by atoms with van der Waals surface area (Å²) in [4.78, 5) is 14.2. The van der Waals surface area contributed by atoms with Crippen LogP contribution in [0.5, 0.6) is 0 Å². The molecule has 118 valence electrons. The Morgan fingerprint density at radius 3 is 2.76 bits per heavy atom. The molecule has 0 atom stereocenters. The minimum absolute atomic E-state index is 0.0338. The summed E-state index contributed by atoms with van der Waals surface area (Å²) in [5, 5.41) is 9.93. The molecule has 1 amide bonds. The van der Waals surface area contributed by atoms with Gasteiger partial charge in [0.15, 0.2) is 0 Å². The molecule has 1 aliphatic rings. The number of carbonyl (C=O) groups excluding carboxylic acids is 1. The quantitative estimate of drug-likeness (QED) is 0.835. The average molecular weight is 294 g/mol. The minimum atomic E-state index is -0.0338. The van der Waals surface area contributed by atoms with Crippen molar-refractivity contribution in [3.05, 3.63) is 11.8 Å². The number of rotatable bonds is 6. The van der Waals surface area contributed by atoms with Gasteiger partial charge in [0, 0.05) is 6.07 Å². The Morgan fingerprint density at radius 1 is 1.48 bits per heavy atom. The molecule has 0 saturated carbocycles. The molecule has 1 aromatic rings. The van der Waals surface area contributed by atoms with Gasteiger partial charge in [-0.2, -0.15) is 0 Å². The number of anilines is 1. The molecule has 0 radical (unpaired) electrons. The van der Waals surface area contributed by atoms with Crippen LogP contribution >= 0.6 is 0 Å². The number of nitrogens with one attached hydrogen (secondary N) is 2. The predicted molar refractivity (Wildman–Crippen MR) is 82.3 cm³/mol. The average Bonchev–Trinajstić information content (AvgIpc) is 2.90. The van der Waals surface area contributed by atoms with Crippen molar-refractivity contribution < 1.29 is 9.32 Å². The van der Waals surface area contributed by atoms with Crippen molar-refractivity contribution in [3.8, 4) is 0 Å². The summed E-state index contributed by atoms with van der Waals surface area (Å²) in [6.07, 6.45) is 2.29. The van der Waals surface area contributed by atoms with Crippen molar-refractivity contribution in [2.24, 2.45) is 5.92 Å². The van der Waals surface area contributed by atoms with E-state index in [2.05, 4.69) is 20.7 Å². The third-order valence-electron chi connectivity index (χ3n) is 3.95. The fraction of sp³-hybridized carbons (Fsp3) is 0.733. The maximum Gasteiger partial charge on any atom is 0.240 e. The second-order valence-electron chi connectivity index (χ2n) is 6.10. The van der Waals surface area contributed by atoms with E-state index in [0.717, 1.165) is 44.1 Å². The first-order valence-corrected chi connectivity index (χ1v) is 7.72. The van der Waals surface area contributed by atoms with Crippen molar-refractivity contribution >= 4 is 11.8 Å². The zero-order chi connectivity index (χ0) is 15.2. The Labute approximate surface area is 126 Å². The molecule has 1 aromatic heterocycles. The summed E-state index contributed by atoms with van der Waals surface area (Å²) in [7, 11) is 1.99. The van der Waals surface area contributed by atoms with Crippen LogP contribution in [0.2, 0.25) is 0 Å². The van der Waals surface area contributed by atoms with Crippen LogP contribution in [0.3, 0.4) is 0 Å². The Bertz CT molecular complexity index is 450. The number of piperidine rings is 1. The van der Waals surface area contributed by atoms with Crippen molar-refractivity contribution in [1.29, 1.82) is 0 Å². The molecule has 2 heterocycles. The largest absolute Gasteiger partial charge is 0.338 e. The molecule has 1 aliphatic heterocycles. The van der Waals surface area contributed by atoms with Gasteiger partial charge in [-0.15, -0.1) is 0 Å². The standard InChI is InChI=1S/C15H26N4O2/c1-11(2)13-8-15(21-18-13)17-14(20)10-19-6-4-12(5-7-19)9-16-3/h8,11-12,16H,4-7,9-10H2,1-3H3,(H,17,20). The number of hydrogen-bond donors (Lipinski definition) is 2. The van der Waals surface area contributed by atoms with Crippen molar-refractivity contribution in [2.45, 2.75) is 32.6 Å². The van der Waals surface area contributed by atoms with Crippen LogP contribution in [0.1, 0.15) is 38.3 Å². The van der Waals surface area contributed by atoms with Gasteiger partial charge < -0.3 is 9.84 Å². The fourth-order valence-corrected chi connectivity index (χ4v) is 2.64. The monoisotopic (exact) mass is 294 g/mol. The molecule has 2 rings (SSSR count). The van der Waals surface area contributed by atoms with E-state index >= 15 is 0 Å². The summed E-state index contributed by atoms with van der Waals surface area (Å²) in [6.45, 7) is 7.53. The lowest BCUT2D eigenvalue weighted by molar-refractivity contribution is -0.117. The normalized spacial score (nSPS) is 17.3. The number of carbonyl (C=O) groups is 1. The molecule has 0 unspecified atom stereocenters. The molecule has 0 aromatic carbocycles. The van der Waals surface area contributed by atoms with E-state index in [9.17, 15) is 4.79 Å². The number of nitrogens with zero attached hydrogens (tertiary/aromatic N) is 2. The Balaban J connectivity index is 1.74. The van der Waals surface area contributed by atoms with Crippen LogP contribution in [0, 0.1) is 5.92 Å². The van der Waals surface area contributed by atoms with E-state index in [1.165, 1.54) is 0 Å². The van der Waals surface area contributed by atoms with E-state index < -0.39 is 0 Å². The Hall–Kier alpha value is -1.40. The third kappa shape index (κ3) is 4.82. The lowest BCUT2D eigenvalue weighted by Crippen LogP contribution is -2.40. The van der Waals surface area contributed by atoms with Crippen molar-refractivity contribution in [3.63, 3.8) is 0 Å². The summed E-state index contributed by atoms with van der Waals surface area (Å²) in [5.41, 5.74) is 0.859. The predicted octanol–water partition coefficient (Wildman–Crippen LogP) is 1.67. The Morgan fingerprint density at radius 2 is 2.19 bits per heavy atom. The van der Waals surface area contributed by atoms with Crippen LogP contribution in [0.25, 0.3) is 0 Å². The van der Waals surface area contributed by atoms with Gasteiger partial charge >= 0.3 is 0 Å². The van der Waals surface area contributed by atoms with Crippen molar-refractivity contribution in [2.75, 3.05) is 38.5 Å². The molecule has 6 heteroatoms. The second-order valence-corrected chi connectivity index (χ2v) is 6.10. The first kappa shape index (κ1) is 16.0. The maximum atomic E-state index is 12.0. The van der Waals surface area contributed by atoms with E-state index in [1.807, 2.05) is 20.9 Å². The van der Waals surface area contributed by atoms with Gasteiger partial charge in [-0.3, -0.25) is 15.0 Å². The zero-order valence-electron chi connectivity index (χ0n) is 13.2. The maximum absolute atomic E-state index is 12.0. The highest BCUT2D eigenvalue weighted by Gasteiger charge is 2.20. The molecule has 2 N–H and O–H groups in total.